The quantitative estimate of drug-likeness (QED) is 0.610. The summed E-state index contributed by atoms with van der Waals surface area (Å²) in [6, 6.07) is 13.2. The van der Waals surface area contributed by atoms with E-state index in [-0.39, 0.29) is 36.1 Å². The molecule has 2 aromatic heterocycles. The number of thiophene rings is 1. The molecule has 3 aromatic rings. The minimum absolute atomic E-state index is 0.0573. The van der Waals surface area contributed by atoms with Gasteiger partial charge in [0.15, 0.2) is 0 Å². The van der Waals surface area contributed by atoms with Crippen LogP contribution in [0.5, 0.6) is 0 Å². The maximum absolute atomic E-state index is 12.7. The van der Waals surface area contributed by atoms with Gasteiger partial charge in [-0.2, -0.15) is 0 Å². The third kappa shape index (κ3) is 3.98. The van der Waals surface area contributed by atoms with Crippen LogP contribution in [0.1, 0.15) is 18.4 Å². The summed E-state index contributed by atoms with van der Waals surface area (Å²) in [5.74, 6) is -0.553. The molecular formula is C20H17N3O4S2. The number of imide groups is 1. The Balaban J connectivity index is 1.52. The molecule has 2 amide bonds. The molecule has 4 rings (SSSR count). The molecule has 148 valence electrons. The first-order valence-electron chi connectivity index (χ1n) is 8.89. The van der Waals surface area contributed by atoms with Crippen molar-refractivity contribution in [3.63, 3.8) is 0 Å². The standard InChI is InChI=1S/C20H17N3O4S2/c24-18-9-10-19(25)23(18)15-5-7-16(8-6-15)29(26,27)22-13-14-3-1-11-21-20(14)17-4-2-12-28-17/h1-8,11-12,22H,9-10,13H2. The van der Waals surface area contributed by atoms with Gasteiger partial charge >= 0.3 is 0 Å². The molecule has 1 aliphatic heterocycles. The zero-order valence-corrected chi connectivity index (χ0v) is 16.9. The first-order chi connectivity index (χ1) is 14.0. The molecule has 0 atom stereocenters. The van der Waals surface area contributed by atoms with Gasteiger partial charge in [-0.25, -0.2) is 13.1 Å². The van der Waals surface area contributed by atoms with Crippen LogP contribution in [-0.4, -0.2) is 25.2 Å². The predicted octanol–water partition coefficient (Wildman–Crippen LogP) is 2.94. The predicted molar refractivity (Wildman–Crippen MR) is 110 cm³/mol. The second-order valence-electron chi connectivity index (χ2n) is 6.43. The van der Waals surface area contributed by atoms with Crippen molar-refractivity contribution in [3.05, 3.63) is 65.7 Å². The molecule has 1 N–H and O–H groups in total. The molecule has 0 unspecified atom stereocenters. The van der Waals surface area contributed by atoms with Crippen molar-refractivity contribution < 1.29 is 18.0 Å². The molecule has 0 aliphatic carbocycles. The first kappa shape index (κ1) is 19.4. The Labute approximate surface area is 172 Å². The number of anilines is 1. The number of carbonyl (C=O) groups is 2. The van der Waals surface area contributed by atoms with E-state index in [1.807, 2.05) is 23.6 Å². The van der Waals surface area contributed by atoms with Crippen LogP contribution in [0.4, 0.5) is 5.69 Å². The summed E-state index contributed by atoms with van der Waals surface area (Å²) in [7, 11) is -3.77. The maximum atomic E-state index is 12.7. The number of carbonyl (C=O) groups excluding carboxylic acids is 2. The summed E-state index contributed by atoms with van der Waals surface area (Å²) in [5, 5.41) is 1.94. The van der Waals surface area contributed by atoms with Crippen molar-refractivity contribution in [3.8, 4) is 10.6 Å². The lowest BCUT2D eigenvalue weighted by atomic mass is 10.2. The molecule has 29 heavy (non-hydrogen) atoms. The van der Waals surface area contributed by atoms with Gasteiger partial charge in [-0.05, 0) is 47.3 Å². The third-order valence-corrected chi connectivity index (χ3v) is 6.85. The molecule has 0 spiro atoms. The molecule has 1 fully saturated rings. The van der Waals surface area contributed by atoms with Crippen molar-refractivity contribution in [2.24, 2.45) is 0 Å². The second kappa shape index (κ2) is 7.86. The van der Waals surface area contributed by atoms with Gasteiger partial charge in [0.2, 0.25) is 21.8 Å². The number of nitrogens with zero attached hydrogens (tertiary/aromatic N) is 2. The summed E-state index contributed by atoms with van der Waals surface area (Å²) >= 11 is 1.53. The fourth-order valence-electron chi connectivity index (χ4n) is 3.11. The van der Waals surface area contributed by atoms with E-state index in [0.29, 0.717) is 5.69 Å². The van der Waals surface area contributed by atoms with Crippen LogP contribution in [0.3, 0.4) is 0 Å². The van der Waals surface area contributed by atoms with Crippen LogP contribution in [0, 0.1) is 0 Å². The highest BCUT2D eigenvalue weighted by Gasteiger charge is 2.30. The second-order valence-corrected chi connectivity index (χ2v) is 9.14. The van der Waals surface area contributed by atoms with E-state index in [9.17, 15) is 18.0 Å². The zero-order valence-electron chi connectivity index (χ0n) is 15.2. The minimum Gasteiger partial charge on any atom is -0.274 e. The van der Waals surface area contributed by atoms with Crippen molar-refractivity contribution in [2.75, 3.05) is 4.90 Å². The SMILES string of the molecule is O=C1CCC(=O)N1c1ccc(S(=O)(=O)NCc2cccnc2-c2cccs2)cc1. The molecule has 0 saturated carbocycles. The Morgan fingerprint density at radius 1 is 1.00 bits per heavy atom. The molecule has 3 heterocycles. The van der Waals surface area contributed by atoms with Gasteiger partial charge in [-0.15, -0.1) is 11.3 Å². The normalized spacial score (nSPS) is 14.6. The van der Waals surface area contributed by atoms with Crippen molar-refractivity contribution in [2.45, 2.75) is 24.3 Å². The van der Waals surface area contributed by atoms with E-state index in [4.69, 9.17) is 0 Å². The molecular weight excluding hydrogens is 410 g/mol. The number of aromatic nitrogens is 1. The van der Waals surface area contributed by atoms with Crippen molar-refractivity contribution in [1.82, 2.24) is 9.71 Å². The summed E-state index contributed by atoms with van der Waals surface area (Å²) in [4.78, 5) is 30.1. The summed E-state index contributed by atoms with van der Waals surface area (Å²) < 4.78 is 28.0. The molecule has 1 saturated heterocycles. The van der Waals surface area contributed by atoms with Gasteiger partial charge in [-0.3, -0.25) is 19.5 Å². The van der Waals surface area contributed by atoms with Crippen LogP contribution >= 0.6 is 11.3 Å². The van der Waals surface area contributed by atoms with Crippen LogP contribution in [0.15, 0.2) is 65.0 Å². The van der Waals surface area contributed by atoms with E-state index in [1.54, 1.807) is 12.3 Å². The van der Waals surface area contributed by atoms with E-state index >= 15 is 0 Å². The Morgan fingerprint density at radius 3 is 2.38 bits per heavy atom. The number of benzene rings is 1. The Morgan fingerprint density at radius 2 is 1.72 bits per heavy atom. The molecule has 1 aromatic carbocycles. The maximum Gasteiger partial charge on any atom is 0.240 e. The van der Waals surface area contributed by atoms with E-state index < -0.39 is 10.0 Å². The Hall–Kier alpha value is -2.88. The number of hydrogen-bond donors (Lipinski definition) is 1. The van der Waals surface area contributed by atoms with Crippen molar-refractivity contribution in [1.29, 1.82) is 0 Å². The highest BCUT2D eigenvalue weighted by atomic mass is 32.2. The van der Waals surface area contributed by atoms with Crippen LogP contribution in [-0.2, 0) is 26.2 Å². The number of rotatable bonds is 6. The Bertz CT molecular complexity index is 1140. The topological polar surface area (TPSA) is 96.4 Å². The molecule has 9 heteroatoms. The summed E-state index contributed by atoms with van der Waals surface area (Å²) in [5.41, 5.74) is 1.89. The molecule has 0 bridgehead atoms. The zero-order chi connectivity index (χ0) is 20.4. The number of pyridine rings is 1. The fraction of sp³-hybridized carbons (Fsp3) is 0.150. The smallest absolute Gasteiger partial charge is 0.240 e. The highest BCUT2D eigenvalue weighted by Crippen LogP contribution is 2.27. The van der Waals surface area contributed by atoms with Crippen LogP contribution in [0.2, 0.25) is 0 Å². The number of amides is 2. The molecule has 1 aliphatic rings. The average molecular weight is 428 g/mol. The van der Waals surface area contributed by atoms with E-state index in [2.05, 4.69) is 9.71 Å². The Kier molecular flexibility index (Phi) is 5.27. The minimum atomic E-state index is -3.77. The lowest BCUT2D eigenvalue weighted by Gasteiger charge is -2.14. The molecule has 7 nitrogen and oxygen atoms in total. The largest absolute Gasteiger partial charge is 0.274 e. The average Bonchev–Trinajstić information content (AvgIpc) is 3.37. The highest BCUT2D eigenvalue weighted by molar-refractivity contribution is 7.89. The summed E-state index contributed by atoms with van der Waals surface area (Å²) in [6.45, 7) is 0.0915. The van der Waals surface area contributed by atoms with Gasteiger partial charge in [0.1, 0.15) is 0 Å². The number of nitrogens with one attached hydrogen (secondary N) is 1. The lowest BCUT2D eigenvalue weighted by molar-refractivity contribution is -0.121. The van der Waals surface area contributed by atoms with Crippen LogP contribution in [0.25, 0.3) is 10.6 Å². The first-order valence-corrected chi connectivity index (χ1v) is 11.3. The van der Waals surface area contributed by atoms with Gasteiger partial charge in [0.05, 0.1) is 21.2 Å². The fourth-order valence-corrected chi connectivity index (χ4v) is 4.87. The van der Waals surface area contributed by atoms with Gasteiger partial charge in [0, 0.05) is 25.6 Å². The molecule has 0 radical (unpaired) electrons. The van der Waals surface area contributed by atoms with Gasteiger partial charge in [-0.1, -0.05) is 12.1 Å². The lowest BCUT2D eigenvalue weighted by Crippen LogP contribution is -2.28. The number of hydrogen-bond acceptors (Lipinski definition) is 6. The number of sulfonamides is 1. The van der Waals surface area contributed by atoms with Gasteiger partial charge < -0.3 is 0 Å². The van der Waals surface area contributed by atoms with E-state index in [1.165, 1.54) is 35.6 Å². The van der Waals surface area contributed by atoms with E-state index in [0.717, 1.165) is 21.0 Å². The monoisotopic (exact) mass is 427 g/mol. The summed E-state index contributed by atoms with van der Waals surface area (Å²) in [6.07, 6.45) is 2.03. The van der Waals surface area contributed by atoms with Gasteiger partial charge in [0.25, 0.3) is 0 Å². The van der Waals surface area contributed by atoms with Crippen LogP contribution < -0.4 is 9.62 Å². The van der Waals surface area contributed by atoms with Crippen molar-refractivity contribution >= 4 is 38.9 Å². The third-order valence-electron chi connectivity index (χ3n) is 4.56.